The third-order valence-corrected chi connectivity index (χ3v) is 4.20. The third kappa shape index (κ3) is 2.21. The van der Waals surface area contributed by atoms with E-state index >= 15 is 0 Å². The standard InChI is InChI=1S/C12H19N3O2S/c1-3-11(2)9(16)15(10(17)14-11)7-12(4-5-12)6-8(13)18/h3-7H2,1-2H3,(H2,13,18)(H,14,17). The van der Waals surface area contributed by atoms with Crippen LogP contribution in [0.4, 0.5) is 4.79 Å². The Morgan fingerprint density at radius 1 is 1.50 bits per heavy atom. The van der Waals surface area contributed by atoms with Crippen LogP contribution < -0.4 is 11.1 Å². The number of carbonyl (C=O) groups excluding carboxylic acids is 2. The maximum absolute atomic E-state index is 12.2. The van der Waals surface area contributed by atoms with Crippen LogP contribution >= 0.6 is 12.2 Å². The molecule has 3 N–H and O–H groups in total. The number of thiocarbonyl (C=S) groups is 1. The van der Waals surface area contributed by atoms with Gasteiger partial charge in [-0.3, -0.25) is 9.69 Å². The average molecular weight is 269 g/mol. The zero-order valence-corrected chi connectivity index (χ0v) is 11.6. The predicted octanol–water partition coefficient (Wildman–Crippen LogP) is 1.16. The van der Waals surface area contributed by atoms with Gasteiger partial charge in [-0.1, -0.05) is 19.1 Å². The second kappa shape index (κ2) is 4.19. The van der Waals surface area contributed by atoms with Crippen LogP contribution in [-0.4, -0.2) is 33.9 Å². The summed E-state index contributed by atoms with van der Waals surface area (Å²) in [5.41, 5.74) is 4.76. The Bertz CT molecular complexity index is 420. The highest BCUT2D eigenvalue weighted by Crippen LogP contribution is 2.50. The van der Waals surface area contributed by atoms with E-state index in [0.717, 1.165) is 12.8 Å². The van der Waals surface area contributed by atoms with E-state index in [0.29, 0.717) is 24.4 Å². The SMILES string of the molecule is CCC1(C)NC(=O)N(CC2(CC(N)=S)CC2)C1=O. The third-order valence-electron chi connectivity index (χ3n) is 4.05. The highest BCUT2D eigenvalue weighted by molar-refractivity contribution is 7.80. The Balaban J connectivity index is 2.09. The zero-order chi connectivity index (χ0) is 13.6. The molecule has 0 aromatic heterocycles. The lowest BCUT2D eigenvalue weighted by atomic mass is 9.98. The van der Waals surface area contributed by atoms with Crippen molar-refractivity contribution < 1.29 is 9.59 Å². The molecular formula is C12H19N3O2S. The van der Waals surface area contributed by atoms with Gasteiger partial charge in [0.1, 0.15) is 5.54 Å². The first-order chi connectivity index (χ1) is 8.32. The first kappa shape index (κ1) is 13.3. The van der Waals surface area contributed by atoms with E-state index in [1.807, 2.05) is 6.92 Å². The number of imide groups is 1. The Kier molecular flexibility index (Phi) is 3.09. The minimum atomic E-state index is -0.754. The molecule has 1 saturated heterocycles. The highest BCUT2D eigenvalue weighted by atomic mass is 32.1. The summed E-state index contributed by atoms with van der Waals surface area (Å²) < 4.78 is 0. The van der Waals surface area contributed by atoms with Gasteiger partial charge in [0, 0.05) is 13.0 Å². The summed E-state index contributed by atoms with van der Waals surface area (Å²) in [4.78, 5) is 25.9. The van der Waals surface area contributed by atoms with Gasteiger partial charge in [-0.15, -0.1) is 0 Å². The molecule has 6 heteroatoms. The summed E-state index contributed by atoms with van der Waals surface area (Å²) in [6, 6.07) is -0.293. The molecule has 0 spiro atoms. The van der Waals surface area contributed by atoms with Gasteiger partial charge < -0.3 is 11.1 Å². The summed E-state index contributed by atoms with van der Waals surface area (Å²) in [6.45, 7) is 4.09. The number of hydrogen-bond donors (Lipinski definition) is 2. The predicted molar refractivity (Wildman–Crippen MR) is 72.0 cm³/mol. The molecule has 1 heterocycles. The molecule has 1 aliphatic carbocycles. The molecule has 0 aromatic rings. The van der Waals surface area contributed by atoms with Crippen molar-refractivity contribution in [3.63, 3.8) is 0 Å². The molecule has 2 aliphatic rings. The molecule has 18 heavy (non-hydrogen) atoms. The number of nitrogens with one attached hydrogen (secondary N) is 1. The maximum atomic E-state index is 12.2. The van der Waals surface area contributed by atoms with Gasteiger partial charge in [0.15, 0.2) is 0 Å². The number of nitrogens with two attached hydrogens (primary N) is 1. The lowest BCUT2D eigenvalue weighted by Gasteiger charge is -2.22. The van der Waals surface area contributed by atoms with Crippen molar-refractivity contribution in [1.82, 2.24) is 10.2 Å². The van der Waals surface area contributed by atoms with E-state index in [2.05, 4.69) is 5.32 Å². The van der Waals surface area contributed by atoms with E-state index in [4.69, 9.17) is 18.0 Å². The molecule has 0 bridgehead atoms. The quantitative estimate of drug-likeness (QED) is 0.580. The number of rotatable bonds is 5. The molecule has 2 fully saturated rings. The van der Waals surface area contributed by atoms with Gasteiger partial charge in [0.2, 0.25) is 0 Å². The van der Waals surface area contributed by atoms with Crippen molar-refractivity contribution in [3.05, 3.63) is 0 Å². The lowest BCUT2D eigenvalue weighted by Crippen LogP contribution is -2.43. The first-order valence-corrected chi connectivity index (χ1v) is 6.65. The van der Waals surface area contributed by atoms with Crippen molar-refractivity contribution in [3.8, 4) is 0 Å². The van der Waals surface area contributed by atoms with Crippen molar-refractivity contribution in [2.75, 3.05) is 6.54 Å². The molecule has 1 saturated carbocycles. The van der Waals surface area contributed by atoms with Crippen LogP contribution in [0.5, 0.6) is 0 Å². The Morgan fingerprint density at radius 2 is 2.11 bits per heavy atom. The molecule has 0 radical (unpaired) electrons. The molecular weight excluding hydrogens is 250 g/mol. The number of carbonyl (C=O) groups is 2. The summed E-state index contributed by atoms with van der Waals surface area (Å²) in [6.07, 6.45) is 3.16. The summed E-state index contributed by atoms with van der Waals surface area (Å²) in [5.74, 6) is -0.135. The zero-order valence-electron chi connectivity index (χ0n) is 10.8. The molecule has 1 unspecified atom stereocenters. The van der Waals surface area contributed by atoms with Crippen molar-refractivity contribution in [2.24, 2.45) is 11.1 Å². The van der Waals surface area contributed by atoms with Crippen molar-refractivity contribution in [2.45, 2.75) is 45.1 Å². The smallest absolute Gasteiger partial charge is 0.325 e. The fourth-order valence-corrected chi connectivity index (χ4v) is 2.71. The minimum Gasteiger partial charge on any atom is -0.393 e. The van der Waals surface area contributed by atoms with Gasteiger partial charge in [0.25, 0.3) is 5.91 Å². The van der Waals surface area contributed by atoms with Crippen LogP contribution in [0.25, 0.3) is 0 Å². The topological polar surface area (TPSA) is 75.4 Å². The number of urea groups is 1. The minimum absolute atomic E-state index is 0.0577. The van der Waals surface area contributed by atoms with Crippen LogP contribution in [-0.2, 0) is 4.79 Å². The average Bonchev–Trinajstić information content (AvgIpc) is 2.99. The Morgan fingerprint density at radius 3 is 2.50 bits per heavy atom. The van der Waals surface area contributed by atoms with Crippen molar-refractivity contribution >= 4 is 29.1 Å². The maximum Gasteiger partial charge on any atom is 0.325 e. The molecule has 1 aliphatic heterocycles. The molecule has 1 atom stereocenters. The van der Waals surface area contributed by atoms with E-state index in [1.165, 1.54) is 4.90 Å². The first-order valence-electron chi connectivity index (χ1n) is 6.24. The second-order valence-electron chi connectivity index (χ2n) is 5.65. The second-order valence-corrected chi connectivity index (χ2v) is 6.17. The van der Waals surface area contributed by atoms with Crippen LogP contribution in [0.3, 0.4) is 0 Å². The normalized spacial score (nSPS) is 29.3. The van der Waals surface area contributed by atoms with E-state index in [9.17, 15) is 9.59 Å². The monoisotopic (exact) mass is 269 g/mol. The summed E-state index contributed by atoms with van der Waals surface area (Å²) in [5, 5.41) is 2.76. The largest absolute Gasteiger partial charge is 0.393 e. The fourth-order valence-electron chi connectivity index (χ4n) is 2.40. The number of amides is 3. The van der Waals surface area contributed by atoms with Crippen LogP contribution in [0, 0.1) is 5.41 Å². The number of nitrogens with zero attached hydrogens (tertiary/aromatic N) is 1. The fraction of sp³-hybridized carbons (Fsp3) is 0.750. The summed E-state index contributed by atoms with van der Waals surface area (Å²) in [7, 11) is 0. The van der Waals surface area contributed by atoms with Crippen molar-refractivity contribution in [1.29, 1.82) is 0 Å². The number of hydrogen-bond acceptors (Lipinski definition) is 3. The van der Waals surface area contributed by atoms with Crippen LogP contribution in [0.2, 0.25) is 0 Å². The van der Waals surface area contributed by atoms with Gasteiger partial charge in [0.05, 0.1) is 4.99 Å². The van der Waals surface area contributed by atoms with Crippen LogP contribution in [0.15, 0.2) is 0 Å². The molecule has 3 amide bonds. The Hall–Kier alpha value is -1.17. The Labute approximate surface area is 112 Å². The van der Waals surface area contributed by atoms with E-state index < -0.39 is 5.54 Å². The molecule has 0 aromatic carbocycles. The molecule has 5 nitrogen and oxygen atoms in total. The van der Waals surface area contributed by atoms with Gasteiger partial charge >= 0.3 is 6.03 Å². The highest BCUT2D eigenvalue weighted by Gasteiger charge is 2.52. The van der Waals surface area contributed by atoms with E-state index in [-0.39, 0.29) is 17.4 Å². The van der Waals surface area contributed by atoms with Gasteiger partial charge in [-0.2, -0.15) is 0 Å². The van der Waals surface area contributed by atoms with Gasteiger partial charge in [-0.05, 0) is 31.6 Å². The summed E-state index contributed by atoms with van der Waals surface area (Å²) >= 11 is 4.93. The lowest BCUT2D eigenvalue weighted by molar-refractivity contribution is -0.131. The molecule has 2 rings (SSSR count). The molecule has 100 valence electrons. The van der Waals surface area contributed by atoms with E-state index in [1.54, 1.807) is 6.92 Å². The van der Waals surface area contributed by atoms with Crippen LogP contribution in [0.1, 0.15) is 39.5 Å². The van der Waals surface area contributed by atoms with Gasteiger partial charge in [-0.25, -0.2) is 4.79 Å².